The Morgan fingerprint density at radius 2 is 1.77 bits per heavy atom. The number of hydrogen-bond acceptors (Lipinski definition) is 6. The summed E-state index contributed by atoms with van der Waals surface area (Å²) in [5, 5.41) is 9.44. The SMILES string of the molecule is COc1ccccc1-c1nnc(SCC(=O)OC2CCCCC2)n1-c1ccccc1. The van der Waals surface area contributed by atoms with Gasteiger partial charge in [-0.15, -0.1) is 10.2 Å². The van der Waals surface area contributed by atoms with Gasteiger partial charge in [0.25, 0.3) is 0 Å². The van der Waals surface area contributed by atoms with E-state index in [4.69, 9.17) is 9.47 Å². The van der Waals surface area contributed by atoms with Gasteiger partial charge in [0.1, 0.15) is 11.9 Å². The van der Waals surface area contributed by atoms with Crippen molar-refractivity contribution in [3.8, 4) is 22.8 Å². The highest BCUT2D eigenvalue weighted by atomic mass is 32.2. The molecule has 1 aliphatic carbocycles. The molecule has 7 heteroatoms. The summed E-state index contributed by atoms with van der Waals surface area (Å²) >= 11 is 1.34. The van der Waals surface area contributed by atoms with Crippen LogP contribution in [-0.2, 0) is 9.53 Å². The minimum atomic E-state index is -0.201. The number of benzene rings is 2. The highest BCUT2D eigenvalue weighted by molar-refractivity contribution is 7.99. The average molecular weight is 424 g/mol. The van der Waals surface area contributed by atoms with E-state index < -0.39 is 0 Å². The third kappa shape index (κ3) is 4.67. The van der Waals surface area contributed by atoms with Gasteiger partial charge >= 0.3 is 5.97 Å². The van der Waals surface area contributed by atoms with Gasteiger partial charge in [-0.3, -0.25) is 9.36 Å². The van der Waals surface area contributed by atoms with Crippen molar-refractivity contribution in [1.29, 1.82) is 0 Å². The molecule has 0 aliphatic heterocycles. The Balaban J connectivity index is 1.59. The van der Waals surface area contributed by atoms with Crippen molar-refractivity contribution in [3.63, 3.8) is 0 Å². The van der Waals surface area contributed by atoms with E-state index in [0.29, 0.717) is 11.0 Å². The molecule has 4 rings (SSSR count). The summed E-state index contributed by atoms with van der Waals surface area (Å²) in [4.78, 5) is 12.4. The van der Waals surface area contributed by atoms with Gasteiger partial charge in [-0.2, -0.15) is 0 Å². The Labute approximate surface area is 180 Å². The van der Waals surface area contributed by atoms with E-state index in [1.165, 1.54) is 18.2 Å². The van der Waals surface area contributed by atoms with Gasteiger partial charge in [-0.05, 0) is 49.9 Å². The number of rotatable bonds is 7. The summed E-state index contributed by atoms with van der Waals surface area (Å²) in [6.07, 6.45) is 5.49. The monoisotopic (exact) mass is 423 g/mol. The van der Waals surface area contributed by atoms with Gasteiger partial charge in [0.2, 0.25) is 0 Å². The first kappa shape index (κ1) is 20.5. The summed E-state index contributed by atoms with van der Waals surface area (Å²) in [7, 11) is 1.64. The molecule has 0 saturated heterocycles. The maximum absolute atomic E-state index is 12.4. The molecular weight excluding hydrogens is 398 g/mol. The molecule has 1 heterocycles. The van der Waals surface area contributed by atoms with Crippen LogP contribution < -0.4 is 4.74 Å². The molecule has 3 aromatic rings. The van der Waals surface area contributed by atoms with E-state index in [-0.39, 0.29) is 17.8 Å². The second kappa shape index (κ2) is 9.80. The van der Waals surface area contributed by atoms with Crippen LogP contribution in [0, 0.1) is 0 Å². The fourth-order valence-corrected chi connectivity index (χ4v) is 4.44. The van der Waals surface area contributed by atoms with Crippen molar-refractivity contribution < 1.29 is 14.3 Å². The van der Waals surface area contributed by atoms with Crippen molar-refractivity contribution in [2.75, 3.05) is 12.9 Å². The van der Waals surface area contributed by atoms with Gasteiger partial charge in [0.05, 0.1) is 18.4 Å². The molecule has 0 spiro atoms. The van der Waals surface area contributed by atoms with Crippen molar-refractivity contribution in [3.05, 3.63) is 54.6 Å². The molecule has 1 aliphatic rings. The Kier molecular flexibility index (Phi) is 6.69. The standard InChI is InChI=1S/C23H25N3O3S/c1-28-20-15-9-8-14-19(20)22-24-25-23(26(22)17-10-4-2-5-11-17)30-16-21(27)29-18-12-6-3-7-13-18/h2,4-5,8-11,14-15,18H,3,6-7,12-13,16H2,1H3. The maximum Gasteiger partial charge on any atom is 0.316 e. The molecule has 2 aromatic carbocycles. The smallest absolute Gasteiger partial charge is 0.316 e. The van der Waals surface area contributed by atoms with Crippen LogP contribution in [0.1, 0.15) is 32.1 Å². The molecule has 0 radical (unpaired) electrons. The number of thioether (sulfide) groups is 1. The predicted octanol–water partition coefficient (Wildman–Crippen LogP) is 4.91. The fourth-order valence-electron chi connectivity index (χ4n) is 3.70. The second-order valence-corrected chi connectivity index (χ2v) is 8.16. The van der Waals surface area contributed by atoms with Crippen molar-refractivity contribution in [2.24, 2.45) is 0 Å². The van der Waals surface area contributed by atoms with Crippen LogP contribution in [0.25, 0.3) is 17.1 Å². The largest absolute Gasteiger partial charge is 0.496 e. The predicted molar refractivity (Wildman–Crippen MR) is 117 cm³/mol. The highest BCUT2D eigenvalue weighted by Gasteiger charge is 2.21. The summed E-state index contributed by atoms with van der Waals surface area (Å²) in [6.45, 7) is 0. The maximum atomic E-state index is 12.4. The van der Waals surface area contributed by atoms with E-state index in [9.17, 15) is 4.79 Å². The number of hydrogen-bond donors (Lipinski definition) is 0. The average Bonchev–Trinajstić information content (AvgIpc) is 3.22. The van der Waals surface area contributed by atoms with Gasteiger partial charge in [-0.25, -0.2) is 0 Å². The second-order valence-electron chi connectivity index (χ2n) is 7.22. The van der Waals surface area contributed by atoms with Crippen LogP contribution in [0.15, 0.2) is 59.8 Å². The molecular formula is C23H25N3O3S. The Bertz CT molecular complexity index is 984. The van der Waals surface area contributed by atoms with E-state index in [2.05, 4.69) is 10.2 Å². The van der Waals surface area contributed by atoms with Crippen LogP contribution in [0.3, 0.4) is 0 Å². The third-order valence-corrected chi connectivity index (χ3v) is 6.07. The first-order valence-electron chi connectivity index (χ1n) is 10.2. The lowest BCUT2D eigenvalue weighted by atomic mass is 9.98. The first-order chi connectivity index (χ1) is 14.8. The molecule has 30 heavy (non-hydrogen) atoms. The van der Waals surface area contributed by atoms with Crippen LogP contribution in [-0.4, -0.2) is 39.7 Å². The molecule has 0 atom stereocenters. The summed E-state index contributed by atoms with van der Waals surface area (Å²) < 4.78 is 13.1. The van der Waals surface area contributed by atoms with Crippen LogP contribution in [0.5, 0.6) is 5.75 Å². The minimum absolute atomic E-state index is 0.0583. The zero-order chi connectivity index (χ0) is 20.8. The van der Waals surface area contributed by atoms with E-state index in [1.54, 1.807) is 7.11 Å². The van der Waals surface area contributed by atoms with Crippen molar-refractivity contribution >= 4 is 17.7 Å². The molecule has 0 unspecified atom stereocenters. The zero-order valence-corrected chi connectivity index (χ0v) is 17.8. The molecule has 6 nitrogen and oxygen atoms in total. The van der Waals surface area contributed by atoms with Gasteiger partial charge in [0.15, 0.2) is 11.0 Å². The lowest BCUT2D eigenvalue weighted by Gasteiger charge is -2.21. The van der Waals surface area contributed by atoms with Crippen molar-refractivity contribution in [1.82, 2.24) is 14.8 Å². The third-order valence-electron chi connectivity index (χ3n) is 5.17. The van der Waals surface area contributed by atoms with Crippen LogP contribution in [0.2, 0.25) is 0 Å². The van der Waals surface area contributed by atoms with E-state index in [0.717, 1.165) is 42.7 Å². The Hall–Kier alpha value is -2.80. The normalized spacial score (nSPS) is 14.4. The van der Waals surface area contributed by atoms with Gasteiger partial charge in [0, 0.05) is 5.69 Å². The fraction of sp³-hybridized carbons (Fsp3) is 0.348. The van der Waals surface area contributed by atoms with E-state index in [1.807, 2.05) is 59.2 Å². The number of esters is 1. The number of nitrogens with zero attached hydrogens (tertiary/aromatic N) is 3. The number of aromatic nitrogens is 3. The summed E-state index contributed by atoms with van der Waals surface area (Å²) in [5.41, 5.74) is 1.76. The summed E-state index contributed by atoms with van der Waals surface area (Å²) in [5.74, 6) is 1.39. The van der Waals surface area contributed by atoms with E-state index >= 15 is 0 Å². The lowest BCUT2D eigenvalue weighted by molar-refractivity contribution is -0.147. The number of methoxy groups -OCH3 is 1. The first-order valence-corrected chi connectivity index (χ1v) is 11.2. The lowest BCUT2D eigenvalue weighted by Crippen LogP contribution is -2.22. The van der Waals surface area contributed by atoms with Crippen molar-refractivity contribution in [2.45, 2.75) is 43.4 Å². The van der Waals surface area contributed by atoms with Crippen LogP contribution in [0.4, 0.5) is 0 Å². The molecule has 1 saturated carbocycles. The number of para-hydroxylation sites is 2. The number of ether oxygens (including phenoxy) is 2. The molecule has 1 fully saturated rings. The highest BCUT2D eigenvalue weighted by Crippen LogP contribution is 2.33. The quantitative estimate of drug-likeness (QED) is 0.397. The minimum Gasteiger partial charge on any atom is -0.496 e. The molecule has 0 amide bonds. The molecule has 156 valence electrons. The topological polar surface area (TPSA) is 66.2 Å². The van der Waals surface area contributed by atoms with Gasteiger partial charge in [-0.1, -0.05) is 48.5 Å². The summed E-state index contributed by atoms with van der Waals surface area (Å²) in [6, 6.07) is 17.6. The Morgan fingerprint density at radius 3 is 2.53 bits per heavy atom. The Morgan fingerprint density at radius 1 is 1.03 bits per heavy atom. The molecule has 1 aromatic heterocycles. The zero-order valence-electron chi connectivity index (χ0n) is 17.0. The number of carbonyl (C=O) groups excluding carboxylic acids is 1. The van der Waals surface area contributed by atoms with Crippen LogP contribution >= 0.6 is 11.8 Å². The molecule has 0 N–H and O–H groups in total. The van der Waals surface area contributed by atoms with Gasteiger partial charge < -0.3 is 9.47 Å². The number of carbonyl (C=O) groups is 1. The molecule has 0 bridgehead atoms.